The van der Waals surface area contributed by atoms with E-state index in [4.69, 9.17) is 0 Å². The highest BCUT2D eigenvalue weighted by molar-refractivity contribution is 5.89. The molecule has 2 nitrogen and oxygen atoms in total. The average molecular weight is 220 g/mol. The van der Waals surface area contributed by atoms with E-state index in [0.29, 0.717) is 18.1 Å². The lowest BCUT2D eigenvalue weighted by molar-refractivity contribution is -0.153. The normalized spacial score (nSPS) is 45.1. The van der Waals surface area contributed by atoms with Gasteiger partial charge in [-0.2, -0.15) is 0 Å². The first kappa shape index (κ1) is 10.5. The van der Waals surface area contributed by atoms with Gasteiger partial charge in [0.1, 0.15) is 11.6 Å². The maximum absolute atomic E-state index is 12.4. The minimum atomic E-state index is -0.0690. The molecule has 0 radical (unpaired) electrons. The molecule has 4 atom stereocenters. The summed E-state index contributed by atoms with van der Waals surface area (Å²) >= 11 is 0. The van der Waals surface area contributed by atoms with Gasteiger partial charge in [0.25, 0.3) is 0 Å². The van der Waals surface area contributed by atoms with Crippen molar-refractivity contribution in [2.45, 2.75) is 51.9 Å². The number of hydrogen-bond donors (Lipinski definition) is 0. The van der Waals surface area contributed by atoms with Crippen LogP contribution < -0.4 is 0 Å². The molecule has 0 spiro atoms. The standard InChI is InChI=1S/C14H20O2/c1-9(15)2-3-14-7-10-4-11(8-14)6-12(5-10)13(14)16/h10-12H,2-8H2,1H3/t10-,11+,12?,14?. The summed E-state index contributed by atoms with van der Waals surface area (Å²) in [4.78, 5) is 23.5. The lowest BCUT2D eigenvalue weighted by Gasteiger charge is -2.55. The Balaban J connectivity index is 1.82. The van der Waals surface area contributed by atoms with E-state index in [-0.39, 0.29) is 11.2 Å². The Morgan fingerprint density at radius 2 is 1.88 bits per heavy atom. The second kappa shape index (κ2) is 3.41. The first-order valence-corrected chi connectivity index (χ1v) is 6.63. The van der Waals surface area contributed by atoms with Crippen LogP contribution in [-0.2, 0) is 9.59 Å². The van der Waals surface area contributed by atoms with Crippen LogP contribution in [0.5, 0.6) is 0 Å². The van der Waals surface area contributed by atoms with E-state index < -0.39 is 0 Å². The zero-order chi connectivity index (χ0) is 11.3. The van der Waals surface area contributed by atoms with Crippen LogP contribution in [0, 0.1) is 23.2 Å². The molecule has 0 aliphatic heterocycles. The van der Waals surface area contributed by atoms with Gasteiger partial charge < -0.3 is 4.79 Å². The lowest BCUT2D eigenvalue weighted by atomic mass is 9.48. The van der Waals surface area contributed by atoms with Crippen molar-refractivity contribution in [2.75, 3.05) is 0 Å². The van der Waals surface area contributed by atoms with Gasteiger partial charge in [-0.25, -0.2) is 0 Å². The fourth-order valence-electron chi connectivity index (χ4n) is 4.68. The van der Waals surface area contributed by atoms with Gasteiger partial charge in [-0.05, 0) is 57.3 Å². The Kier molecular flexibility index (Phi) is 2.24. The van der Waals surface area contributed by atoms with Crippen molar-refractivity contribution in [2.24, 2.45) is 23.2 Å². The summed E-state index contributed by atoms with van der Waals surface area (Å²) in [6.45, 7) is 1.64. The predicted molar refractivity (Wildman–Crippen MR) is 60.9 cm³/mol. The maximum Gasteiger partial charge on any atom is 0.142 e. The van der Waals surface area contributed by atoms with Gasteiger partial charge in [0, 0.05) is 17.8 Å². The van der Waals surface area contributed by atoms with E-state index in [1.54, 1.807) is 6.92 Å². The van der Waals surface area contributed by atoms with E-state index in [2.05, 4.69) is 0 Å². The summed E-state index contributed by atoms with van der Waals surface area (Å²) in [6.07, 6.45) is 7.28. The number of Topliss-reactive ketones (excluding diaryl/α,β-unsaturated/α-hetero) is 2. The average Bonchev–Trinajstić information content (AvgIpc) is 2.22. The van der Waals surface area contributed by atoms with Crippen molar-refractivity contribution >= 4 is 11.6 Å². The number of hydrogen-bond acceptors (Lipinski definition) is 2. The van der Waals surface area contributed by atoms with Gasteiger partial charge in [0.05, 0.1) is 0 Å². The van der Waals surface area contributed by atoms with Crippen LogP contribution in [0.2, 0.25) is 0 Å². The molecule has 16 heavy (non-hydrogen) atoms. The summed E-state index contributed by atoms with van der Waals surface area (Å²) in [5, 5.41) is 0. The van der Waals surface area contributed by atoms with Crippen LogP contribution in [0.15, 0.2) is 0 Å². The van der Waals surface area contributed by atoms with E-state index in [9.17, 15) is 9.59 Å². The summed E-state index contributed by atoms with van der Waals surface area (Å²) in [5.74, 6) is 2.70. The summed E-state index contributed by atoms with van der Waals surface area (Å²) in [6, 6.07) is 0. The molecule has 4 aliphatic carbocycles. The molecule has 0 aromatic carbocycles. The van der Waals surface area contributed by atoms with Gasteiger partial charge in [-0.3, -0.25) is 4.79 Å². The highest BCUT2D eigenvalue weighted by Gasteiger charge is 2.56. The maximum atomic E-state index is 12.4. The van der Waals surface area contributed by atoms with Gasteiger partial charge in [0.2, 0.25) is 0 Å². The van der Waals surface area contributed by atoms with Crippen LogP contribution in [0.25, 0.3) is 0 Å². The highest BCUT2D eigenvalue weighted by Crippen LogP contribution is 2.59. The Morgan fingerprint density at radius 3 is 2.44 bits per heavy atom. The molecule has 0 heterocycles. The molecule has 4 fully saturated rings. The number of carbonyl (C=O) groups excluding carboxylic acids is 2. The Bertz CT molecular complexity index is 331. The fourth-order valence-corrected chi connectivity index (χ4v) is 4.68. The predicted octanol–water partition coefficient (Wildman–Crippen LogP) is 2.75. The van der Waals surface area contributed by atoms with E-state index in [0.717, 1.165) is 43.9 Å². The highest BCUT2D eigenvalue weighted by atomic mass is 16.1. The topological polar surface area (TPSA) is 34.1 Å². The molecule has 2 heteroatoms. The number of ketones is 2. The SMILES string of the molecule is CC(=O)CCC12C[C@@H]3CC(C[C@@H](C3)C1)C2=O. The molecular formula is C14H20O2. The molecule has 0 amide bonds. The summed E-state index contributed by atoms with van der Waals surface area (Å²) in [5.41, 5.74) is -0.0690. The third-order valence-corrected chi connectivity index (χ3v) is 5.11. The Labute approximate surface area is 96.8 Å². The fraction of sp³-hybridized carbons (Fsp3) is 0.857. The van der Waals surface area contributed by atoms with Crippen LogP contribution in [-0.4, -0.2) is 11.6 Å². The number of rotatable bonds is 3. The third kappa shape index (κ3) is 1.46. The Hall–Kier alpha value is -0.660. The molecule has 0 saturated heterocycles. The molecule has 0 aromatic rings. The van der Waals surface area contributed by atoms with Crippen LogP contribution in [0.3, 0.4) is 0 Å². The number of carbonyl (C=O) groups is 2. The van der Waals surface area contributed by atoms with E-state index >= 15 is 0 Å². The van der Waals surface area contributed by atoms with Crippen LogP contribution in [0.4, 0.5) is 0 Å². The van der Waals surface area contributed by atoms with Gasteiger partial charge in [0.15, 0.2) is 0 Å². The van der Waals surface area contributed by atoms with Crippen molar-refractivity contribution in [3.8, 4) is 0 Å². The lowest BCUT2D eigenvalue weighted by Crippen LogP contribution is -2.53. The van der Waals surface area contributed by atoms with Crippen molar-refractivity contribution in [1.82, 2.24) is 0 Å². The zero-order valence-electron chi connectivity index (χ0n) is 10.00. The van der Waals surface area contributed by atoms with Gasteiger partial charge in [-0.1, -0.05) is 0 Å². The van der Waals surface area contributed by atoms with Gasteiger partial charge in [-0.15, -0.1) is 0 Å². The monoisotopic (exact) mass is 220 g/mol. The molecule has 4 bridgehead atoms. The van der Waals surface area contributed by atoms with Crippen molar-refractivity contribution < 1.29 is 9.59 Å². The largest absolute Gasteiger partial charge is 0.300 e. The quantitative estimate of drug-likeness (QED) is 0.733. The molecule has 0 aromatic heterocycles. The van der Waals surface area contributed by atoms with Crippen molar-refractivity contribution in [3.05, 3.63) is 0 Å². The smallest absolute Gasteiger partial charge is 0.142 e. The first-order valence-electron chi connectivity index (χ1n) is 6.63. The zero-order valence-corrected chi connectivity index (χ0v) is 10.00. The summed E-state index contributed by atoms with van der Waals surface area (Å²) < 4.78 is 0. The molecule has 2 unspecified atom stereocenters. The third-order valence-electron chi connectivity index (χ3n) is 5.11. The van der Waals surface area contributed by atoms with Crippen LogP contribution >= 0.6 is 0 Å². The minimum absolute atomic E-state index is 0.0690. The molecule has 4 rings (SSSR count). The second-order valence-electron chi connectivity index (χ2n) is 6.39. The summed E-state index contributed by atoms with van der Waals surface area (Å²) in [7, 11) is 0. The molecule has 0 N–H and O–H groups in total. The second-order valence-corrected chi connectivity index (χ2v) is 6.39. The minimum Gasteiger partial charge on any atom is -0.300 e. The Morgan fingerprint density at radius 1 is 1.25 bits per heavy atom. The first-order chi connectivity index (χ1) is 7.59. The molecule has 4 aliphatic rings. The molecule has 88 valence electrons. The van der Waals surface area contributed by atoms with Gasteiger partial charge >= 0.3 is 0 Å². The van der Waals surface area contributed by atoms with Crippen molar-refractivity contribution in [3.63, 3.8) is 0 Å². The molecular weight excluding hydrogens is 200 g/mol. The van der Waals surface area contributed by atoms with E-state index in [1.165, 1.54) is 6.42 Å². The molecule has 4 saturated carbocycles. The van der Waals surface area contributed by atoms with E-state index in [1.807, 2.05) is 0 Å². The van der Waals surface area contributed by atoms with Crippen molar-refractivity contribution in [1.29, 1.82) is 0 Å². The van der Waals surface area contributed by atoms with Crippen LogP contribution in [0.1, 0.15) is 51.9 Å².